The topological polar surface area (TPSA) is 44.5 Å². The van der Waals surface area contributed by atoms with Gasteiger partial charge in [0.1, 0.15) is 29.7 Å². The fourth-order valence-corrected chi connectivity index (χ4v) is 3.20. The van der Waals surface area contributed by atoms with Crippen LogP contribution in [0.1, 0.15) is 5.56 Å². The molecule has 0 saturated carbocycles. The molecule has 0 saturated heterocycles. The second-order valence-electron chi connectivity index (χ2n) is 5.30. The van der Waals surface area contributed by atoms with Crippen molar-refractivity contribution in [3.05, 3.63) is 70.2 Å². The van der Waals surface area contributed by atoms with Gasteiger partial charge in [0.2, 0.25) is 0 Å². The lowest BCUT2D eigenvalue weighted by atomic mass is 10.0. The highest BCUT2D eigenvalue weighted by Gasteiger charge is 2.11. The minimum Gasteiger partial charge on any atom is -0.489 e. The highest BCUT2D eigenvalue weighted by atomic mass is 35.5. The van der Waals surface area contributed by atoms with Crippen LogP contribution >= 0.6 is 35.4 Å². The average Bonchev–Trinajstić information content (AvgIpc) is 2.59. The quantitative estimate of drug-likeness (QED) is 0.460. The Hall–Kier alpha value is -2.01. The van der Waals surface area contributed by atoms with Crippen molar-refractivity contribution >= 4 is 51.2 Å². The first-order valence-corrected chi connectivity index (χ1v) is 8.75. The van der Waals surface area contributed by atoms with Gasteiger partial charge in [-0.15, -0.1) is 0 Å². The van der Waals surface area contributed by atoms with E-state index in [0.29, 0.717) is 39.7 Å². The first-order chi connectivity index (χ1) is 12.1. The van der Waals surface area contributed by atoms with Gasteiger partial charge in [-0.25, -0.2) is 0 Å². The Labute approximate surface area is 161 Å². The molecule has 0 bridgehead atoms. The lowest BCUT2D eigenvalue weighted by Crippen LogP contribution is -2.15. The molecule has 0 aliphatic heterocycles. The van der Waals surface area contributed by atoms with Crippen molar-refractivity contribution in [2.45, 2.75) is 0 Å². The summed E-state index contributed by atoms with van der Waals surface area (Å²) in [5.74, 6) is 1.19. The second-order valence-corrected chi connectivity index (χ2v) is 6.58. The van der Waals surface area contributed by atoms with Crippen molar-refractivity contribution in [3.8, 4) is 11.5 Å². The summed E-state index contributed by atoms with van der Waals surface area (Å²) in [7, 11) is 0. The molecule has 0 atom stereocenters. The summed E-state index contributed by atoms with van der Waals surface area (Å²) in [6, 6.07) is 16.8. The van der Waals surface area contributed by atoms with Crippen LogP contribution in [-0.2, 0) is 0 Å². The van der Waals surface area contributed by atoms with Gasteiger partial charge < -0.3 is 15.2 Å². The molecule has 0 spiro atoms. The molecule has 128 valence electrons. The number of ether oxygens (including phenoxy) is 2. The van der Waals surface area contributed by atoms with Crippen LogP contribution in [0.25, 0.3) is 10.8 Å². The predicted molar refractivity (Wildman–Crippen MR) is 107 cm³/mol. The standard InChI is InChI=1S/C19H15Cl2NO2S/c20-13-6-8-16(15(21)11-13)23-9-10-24-17-7-5-12-3-1-2-4-14(12)18(17)19(22)25/h1-8,11H,9-10H2,(H2,22,25). The fraction of sp³-hybridized carbons (Fsp3) is 0.105. The third kappa shape index (κ3) is 4.15. The summed E-state index contributed by atoms with van der Waals surface area (Å²) in [6.45, 7) is 0.651. The maximum Gasteiger partial charge on any atom is 0.138 e. The van der Waals surface area contributed by atoms with Gasteiger partial charge in [0.05, 0.1) is 10.6 Å². The molecule has 0 aromatic heterocycles. The number of hydrogen-bond acceptors (Lipinski definition) is 3. The van der Waals surface area contributed by atoms with Gasteiger partial charge in [-0.3, -0.25) is 0 Å². The van der Waals surface area contributed by atoms with Crippen molar-refractivity contribution in [2.24, 2.45) is 5.73 Å². The minimum absolute atomic E-state index is 0.300. The van der Waals surface area contributed by atoms with Gasteiger partial charge in [0, 0.05) is 5.02 Å². The molecule has 3 nitrogen and oxygen atoms in total. The van der Waals surface area contributed by atoms with Crippen molar-refractivity contribution in [2.75, 3.05) is 13.2 Å². The van der Waals surface area contributed by atoms with Crippen LogP contribution < -0.4 is 15.2 Å². The van der Waals surface area contributed by atoms with E-state index in [1.807, 2.05) is 36.4 Å². The number of hydrogen-bond donors (Lipinski definition) is 1. The molecule has 0 heterocycles. The zero-order valence-electron chi connectivity index (χ0n) is 13.2. The van der Waals surface area contributed by atoms with Gasteiger partial charge in [0.15, 0.2) is 0 Å². The van der Waals surface area contributed by atoms with E-state index in [1.54, 1.807) is 18.2 Å². The lowest BCUT2D eigenvalue weighted by Gasteiger charge is -2.14. The highest BCUT2D eigenvalue weighted by molar-refractivity contribution is 7.80. The third-order valence-corrected chi connectivity index (χ3v) is 4.36. The Kier molecular flexibility index (Phi) is 5.63. The lowest BCUT2D eigenvalue weighted by molar-refractivity contribution is 0.217. The number of fused-ring (bicyclic) bond motifs is 1. The number of rotatable bonds is 6. The molecule has 0 unspecified atom stereocenters. The predicted octanol–water partition coefficient (Wildman–Crippen LogP) is 5.24. The molecule has 25 heavy (non-hydrogen) atoms. The molecule has 6 heteroatoms. The van der Waals surface area contributed by atoms with Crippen LogP contribution in [0.15, 0.2) is 54.6 Å². The number of benzene rings is 3. The van der Waals surface area contributed by atoms with Crippen molar-refractivity contribution < 1.29 is 9.47 Å². The number of nitrogens with two attached hydrogens (primary N) is 1. The van der Waals surface area contributed by atoms with Gasteiger partial charge in [-0.05, 0) is 35.0 Å². The molecule has 0 fully saturated rings. The van der Waals surface area contributed by atoms with Crippen LogP contribution in [-0.4, -0.2) is 18.2 Å². The zero-order valence-corrected chi connectivity index (χ0v) is 15.5. The Morgan fingerprint density at radius 3 is 2.32 bits per heavy atom. The highest BCUT2D eigenvalue weighted by Crippen LogP contribution is 2.29. The van der Waals surface area contributed by atoms with Crippen molar-refractivity contribution in [3.63, 3.8) is 0 Å². The Morgan fingerprint density at radius 1 is 0.920 bits per heavy atom. The molecule has 0 amide bonds. The third-order valence-electron chi connectivity index (χ3n) is 3.63. The summed E-state index contributed by atoms with van der Waals surface area (Å²) in [5.41, 5.74) is 6.63. The van der Waals surface area contributed by atoms with E-state index in [2.05, 4.69) is 0 Å². The van der Waals surface area contributed by atoms with Crippen molar-refractivity contribution in [1.29, 1.82) is 0 Å². The Bertz CT molecular complexity index is 930. The van der Waals surface area contributed by atoms with E-state index in [4.69, 9.17) is 50.6 Å². The average molecular weight is 392 g/mol. The van der Waals surface area contributed by atoms with E-state index in [-0.39, 0.29) is 0 Å². The van der Waals surface area contributed by atoms with Gasteiger partial charge >= 0.3 is 0 Å². The number of halogens is 2. The summed E-state index contributed by atoms with van der Waals surface area (Å²) < 4.78 is 11.5. The zero-order chi connectivity index (χ0) is 17.8. The van der Waals surface area contributed by atoms with E-state index in [9.17, 15) is 0 Å². The van der Waals surface area contributed by atoms with Crippen LogP contribution in [0.3, 0.4) is 0 Å². The minimum atomic E-state index is 0.300. The van der Waals surface area contributed by atoms with Crippen LogP contribution in [0.2, 0.25) is 10.0 Å². The van der Waals surface area contributed by atoms with E-state index >= 15 is 0 Å². The molecule has 3 rings (SSSR count). The largest absolute Gasteiger partial charge is 0.489 e. The van der Waals surface area contributed by atoms with Gasteiger partial charge in [-0.2, -0.15) is 0 Å². The van der Waals surface area contributed by atoms with E-state index in [1.165, 1.54) is 0 Å². The fourth-order valence-electron chi connectivity index (χ4n) is 2.52. The normalized spacial score (nSPS) is 10.6. The van der Waals surface area contributed by atoms with Gasteiger partial charge in [0.25, 0.3) is 0 Å². The number of thiocarbonyl (C=S) groups is 1. The molecule has 0 aliphatic carbocycles. The van der Waals surface area contributed by atoms with Crippen LogP contribution in [0.5, 0.6) is 11.5 Å². The first-order valence-electron chi connectivity index (χ1n) is 7.58. The molecule has 0 aliphatic rings. The molecule has 2 N–H and O–H groups in total. The molecule has 0 radical (unpaired) electrons. The first kappa shape index (κ1) is 17.8. The summed E-state index contributed by atoms with van der Waals surface area (Å²) in [6.07, 6.45) is 0. The van der Waals surface area contributed by atoms with Gasteiger partial charge in [-0.1, -0.05) is 65.8 Å². The van der Waals surface area contributed by atoms with E-state index in [0.717, 1.165) is 16.3 Å². The Balaban J connectivity index is 1.71. The summed E-state index contributed by atoms with van der Waals surface area (Å²) in [4.78, 5) is 0.300. The maximum absolute atomic E-state index is 6.07. The maximum atomic E-state index is 6.07. The van der Waals surface area contributed by atoms with Crippen LogP contribution in [0, 0.1) is 0 Å². The van der Waals surface area contributed by atoms with Crippen molar-refractivity contribution in [1.82, 2.24) is 0 Å². The van der Waals surface area contributed by atoms with E-state index < -0.39 is 0 Å². The molecular formula is C19H15Cl2NO2S. The SMILES string of the molecule is NC(=S)c1c(OCCOc2ccc(Cl)cc2Cl)ccc2ccccc12. The van der Waals surface area contributed by atoms with Crippen LogP contribution in [0.4, 0.5) is 0 Å². The summed E-state index contributed by atoms with van der Waals surface area (Å²) >= 11 is 17.1. The molecule has 3 aromatic rings. The smallest absolute Gasteiger partial charge is 0.138 e. The molecular weight excluding hydrogens is 377 g/mol. The Morgan fingerprint density at radius 2 is 1.60 bits per heavy atom. The second kappa shape index (κ2) is 7.91. The summed E-state index contributed by atoms with van der Waals surface area (Å²) in [5, 5.41) is 3.05. The molecule has 3 aromatic carbocycles. The monoisotopic (exact) mass is 391 g/mol.